The molecule has 20 heavy (non-hydrogen) atoms. The van der Waals surface area contributed by atoms with E-state index in [1.165, 1.54) is 22.4 Å². The third-order valence-corrected chi connectivity index (χ3v) is 4.03. The topological polar surface area (TPSA) is 15.3 Å². The molecule has 2 nitrogen and oxygen atoms in total. The quantitative estimate of drug-likeness (QED) is 0.913. The maximum Gasteiger partial charge on any atom is 0.0432 e. The van der Waals surface area contributed by atoms with Crippen LogP contribution in [0.2, 0.25) is 0 Å². The molecule has 0 aromatic heterocycles. The first kappa shape index (κ1) is 13.2. The third-order valence-electron chi connectivity index (χ3n) is 4.03. The zero-order valence-electron chi connectivity index (χ0n) is 12.1. The second kappa shape index (κ2) is 6.10. The van der Waals surface area contributed by atoms with Gasteiger partial charge < -0.3 is 10.2 Å². The minimum absolute atomic E-state index is 0.949. The van der Waals surface area contributed by atoms with Crippen molar-refractivity contribution in [3.8, 4) is 0 Å². The maximum atomic E-state index is 3.44. The Bertz CT molecular complexity index is 577. The summed E-state index contributed by atoms with van der Waals surface area (Å²) < 4.78 is 0. The monoisotopic (exact) mass is 266 g/mol. The molecule has 0 bridgehead atoms. The van der Waals surface area contributed by atoms with E-state index in [1.807, 2.05) is 0 Å². The summed E-state index contributed by atoms with van der Waals surface area (Å²) in [5, 5.41) is 3.44. The minimum Gasteiger partial charge on any atom is -0.367 e. The molecule has 0 fully saturated rings. The first-order valence-corrected chi connectivity index (χ1v) is 7.49. The number of hydrogen-bond acceptors (Lipinski definition) is 2. The van der Waals surface area contributed by atoms with Crippen LogP contribution >= 0.6 is 0 Å². The van der Waals surface area contributed by atoms with Crippen molar-refractivity contribution in [3.05, 3.63) is 65.2 Å². The average Bonchev–Trinajstić information content (AvgIpc) is 2.53. The van der Waals surface area contributed by atoms with E-state index in [0.717, 1.165) is 32.6 Å². The second-order valence-corrected chi connectivity index (χ2v) is 5.35. The maximum absolute atomic E-state index is 3.44. The molecule has 0 amide bonds. The van der Waals surface area contributed by atoms with Crippen LogP contribution in [0.15, 0.2) is 48.5 Å². The first-order chi connectivity index (χ1) is 9.88. The molecule has 2 aromatic rings. The van der Waals surface area contributed by atoms with E-state index >= 15 is 0 Å². The van der Waals surface area contributed by atoms with Crippen LogP contribution in [-0.4, -0.2) is 13.1 Å². The standard InChI is InChI=1S/C18H22N2/c1-2-19-13-16-8-5-6-10-18(16)20-12-11-15-7-3-4-9-17(15)14-20/h3-10,19H,2,11-14H2,1H3. The van der Waals surface area contributed by atoms with Crippen molar-refractivity contribution < 1.29 is 0 Å². The Morgan fingerprint density at radius 3 is 2.60 bits per heavy atom. The Labute approximate surface area is 121 Å². The number of nitrogens with one attached hydrogen (secondary N) is 1. The van der Waals surface area contributed by atoms with E-state index in [4.69, 9.17) is 0 Å². The largest absolute Gasteiger partial charge is 0.367 e. The Kier molecular flexibility index (Phi) is 4.03. The van der Waals surface area contributed by atoms with Gasteiger partial charge in [0, 0.05) is 25.3 Å². The number of para-hydroxylation sites is 1. The van der Waals surface area contributed by atoms with Crippen LogP contribution in [0.5, 0.6) is 0 Å². The molecule has 0 saturated carbocycles. The minimum atomic E-state index is 0.949. The molecule has 1 aliphatic heterocycles. The number of anilines is 1. The van der Waals surface area contributed by atoms with Crippen molar-refractivity contribution in [2.45, 2.75) is 26.4 Å². The van der Waals surface area contributed by atoms with E-state index in [2.05, 4.69) is 65.7 Å². The summed E-state index contributed by atoms with van der Waals surface area (Å²) in [6.45, 7) is 6.25. The predicted molar refractivity (Wildman–Crippen MR) is 85.0 cm³/mol. The fourth-order valence-electron chi connectivity index (χ4n) is 2.93. The van der Waals surface area contributed by atoms with Crippen LogP contribution in [0.25, 0.3) is 0 Å². The molecule has 3 rings (SSSR count). The highest BCUT2D eigenvalue weighted by Crippen LogP contribution is 2.27. The molecule has 0 spiro atoms. The number of nitrogens with zero attached hydrogens (tertiary/aromatic N) is 1. The smallest absolute Gasteiger partial charge is 0.0432 e. The van der Waals surface area contributed by atoms with E-state index in [1.54, 1.807) is 0 Å². The predicted octanol–water partition coefficient (Wildman–Crippen LogP) is 3.36. The zero-order valence-corrected chi connectivity index (χ0v) is 12.1. The normalized spacial score (nSPS) is 14.2. The van der Waals surface area contributed by atoms with E-state index < -0.39 is 0 Å². The lowest BCUT2D eigenvalue weighted by Gasteiger charge is -2.32. The van der Waals surface area contributed by atoms with Crippen LogP contribution in [0.1, 0.15) is 23.6 Å². The van der Waals surface area contributed by atoms with E-state index in [0.29, 0.717) is 0 Å². The van der Waals surface area contributed by atoms with Crippen molar-refractivity contribution >= 4 is 5.69 Å². The summed E-state index contributed by atoms with van der Waals surface area (Å²) in [4.78, 5) is 2.51. The van der Waals surface area contributed by atoms with Gasteiger partial charge in [0.1, 0.15) is 0 Å². The summed E-state index contributed by atoms with van der Waals surface area (Å²) >= 11 is 0. The van der Waals surface area contributed by atoms with Gasteiger partial charge in [0.05, 0.1) is 0 Å². The second-order valence-electron chi connectivity index (χ2n) is 5.35. The summed E-state index contributed by atoms with van der Waals surface area (Å²) in [5.41, 5.74) is 5.75. The Morgan fingerprint density at radius 1 is 1.00 bits per heavy atom. The van der Waals surface area contributed by atoms with Crippen LogP contribution in [0.3, 0.4) is 0 Å². The van der Waals surface area contributed by atoms with Crippen molar-refractivity contribution in [1.29, 1.82) is 0 Å². The van der Waals surface area contributed by atoms with Crippen LogP contribution in [0.4, 0.5) is 5.69 Å². The fraction of sp³-hybridized carbons (Fsp3) is 0.333. The van der Waals surface area contributed by atoms with Crippen molar-refractivity contribution in [1.82, 2.24) is 5.32 Å². The first-order valence-electron chi connectivity index (χ1n) is 7.49. The van der Waals surface area contributed by atoms with Gasteiger partial charge in [-0.3, -0.25) is 0 Å². The average molecular weight is 266 g/mol. The van der Waals surface area contributed by atoms with Crippen molar-refractivity contribution in [3.63, 3.8) is 0 Å². The van der Waals surface area contributed by atoms with Crippen LogP contribution < -0.4 is 10.2 Å². The van der Waals surface area contributed by atoms with Gasteiger partial charge in [0.25, 0.3) is 0 Å². The summed E-state index contributed by atoms with van der Waals surface area (Å²) in [7, 11) is 0. The van der Waals surface area contributed by atoms with Crippen molar-refractivity contribution in [2.24, 2.45) is 0 Å². The van der Waals surface area contributed by atoms with Crippen LogP contribution in [-0.2, 0) is 19.5 Å². The molecular weight excluding hydrogens is 244 g/mol. The summed E-state index contributed by atoms with van der Waals surface area (Å²) in [6, 6.07) is 17.6. The highest BCUT2D eigenvalue weighted by Gasteiger charge is 2.17. The van der Waals surface area contributed by atoms with Gasteiger partial charge in [-0.1, -0.05) is 49.4 Å². The number of rotatable bonds is 4. The highest BCUT2D eigenvalue weighted by atomic mass is 15.1. The van der Waals surface area contributed by atoms with Gasteiger partial charge in [-0.2, -0.15) is 0 Å². The lowest BCUT2D eigenvalue weighted by Crippen LogP contribution is -2.31. The molecular formula is C18H22N2. The molecule has 0 unspecified atom stereocenters. The van der Waals surface area contributed by atoms with Crippen molar-refractivity contribution in [2.75, 3.05) is 18.0 Å². The molecule has 0 aliphatic carbocycles. The highest BCUT2D eigenvalue weighted by molar-refractivity contribution is 5.55. The van der Waals surface area contributed by atoms with Gasteiger partial charge in [0.15, 0.2) is 0 Å². The Balaban J connectivity index is 1.84. The Hall–Kier alpha value is -1.80. The van der Waals surface area contributed by atoms with Gasteiger partial charge in [0.2, 0.25) is 0 Å². The number of fused-ring (bicyclic) bond motifs is 1. The lowest BCUT2D eigenvalue weighted by molar-refractivity contribution is 0.700. The van der Waals surface area contributed by atoms with E-state index in [9.17, 15) is 0 Å². The van der Waals surface area contributed by atoms with Gasteiger partial charge in [-0.15, -0.1) is 0 Å². The molecule has 104 valence electrons. The number of hydrogen-bond donors (Lipinski definition) is 1. The third kappa shape index (κ3) is 2.70. The summed E-state index contributed by atoms with van der Waals surface area (Å²) in [5.74, 6) is 0. The van der Waals surface area contributed by atoms with E-state index in [-0.39, 0.29) is 0 Å². The molecule has 2 aromatic carbocycles. The molecule has 1 aliphatic rings. The number of benzene rings is 2. The summed E-state index contributed by atoms with van der Waals surface area (Å²) in [6.07, 6.45) is 1.14. The molecule has 2 heteroatoms. The molecule has 1 N–H and O–H groups in total. The molecule has 0 saturated heterocycles. The SMILES string of the molecule is CCNCc1ccccc1N1CCc2ccccc2C1. The fourth-order valence-corrected chi connectivity index (χ4v) is 2.93. The molecule has 0 radical (unpaired) electrons. The van der Waals surface area contributed by atoms with Gasteiger partial charge >= 0.3 is 0 Å². The van der Waals surface area contributed by atoms with Crippen LogP contribution in [0, 0.1) is 0 Å². The lowest BCUT2D eigenvalue weighted by atomic mass is 9.98. The Morgan fingerprint density at radius 2 is 1.75 bits per heavy atom. The molecule has 1 heterocycles. The zero-order chi connectivity index (χ0) is 13.8. The van der Waals surface area contributed by atoms with Gasteiger partial charge in [-0.25, -0.2) is 0 Å². The van der Waals surface area contributed by atoms with Gasteiger partial charge in [-0.05, 0) is 35.7 Å². The molecule has 0 atom stereocenters.